The summed E-state index contributed by atoms with van der Waals surface area (Å²) in [7, 11) is 0. The fourth-order valence-corrected chi connectivity index (χ4v) is 3.25. The number of aliphatic hydroxyl groups is 1. The van der Waals surface area contributed by atoms with Gasteiger partial charge in [-0.25, -0.2) is 4.79 Å². The molecule has 0 aromatic heterocycles. The van der Waals surface area contributed by atoms with Crippen molar-refractivity contribution in [3.63, 3.8) is 0 Å². The number of hydrogen-bond acceptors (Lipinski definition) is 6. The largest absolute Gasteiger partial charge is 0.485 e. The van der Waals surface area contributed by atoms with Gasteiger partial charge in [0.15, 0.2) is 17.7 Å². The molecule has 0 aliphatic carbocycles. The first-order chi connectivity index (χ1) is 16.6. The van der Waals surface area contributed by atoms with Crippen LogP contribution < -0.4 is 14.8 Å². The molecular formula is C28H33NO5. The Balaban J connectivity index is 1.75. The Labute approximate surface area is 201 Å². The minimum absolute atomic E-state index is 0.318. The molecule has 180 valence electrons. The smallest absolute Gasteiger partial charge is 0.339 e. The Hall–Kier alpha value is -3.35. The van der Waals surface area contributed by atoms with Gasteiger partial charge in [0.05, 0.1) is 5.56 Å². The zero-order chi connectivity index (χ0) is 24.2. The van der Waals surface area contributed by atoms with Gasteiger partial charge in [-0.2, -0.15) is 0 Å². The van der Waals surface area contributed by atoms with E-state index in [9.17, 15) is 9.90 Å². The molecule has 0 saturated carbocycles. The molecule has 2 N–H and O–H groups in total. The van der Waals surface area contributed by atoms with Gasteiger partial charge < -0.3 is 19.3 Å². The Kier molecular flexibility index (Phi) is 9.95. The first-order valence-corrected chi connectivity index (χ1v) is 11.7. The molecule has 0 bridgehead atoms. The van der Waals surface area contributed by atoms with E-state index in [1.807, 2.05) is 60.7 Å². The summed E-state index contributed by atoms with van der Waals surface area (Å²) in [5, 5.41) is 13.1. The van der Waals surface area contributed by atoms with Gasteiger partial charge in [-0.15, -0.1) is 0 Å². The lowest BCUT2D eigenvalue weighted by atomic mass is 10.2. The van der Waals surface area contributed by atoms with E-state index in [1.54, 1.807) is 25.1 Å². The molecule has 0 heterocycles. The maximum Gasteiger partial charge on any atom is 0.339 e. The normalized spacial score (nSPS) is 12.6. The molecule has 0 fully saturated rings. The van der Waals surface area contributed by atoms with Gasteiger partial charge in [0.25, 0.3) is 0 Å². The lowest BCUT2D eigenvalue weighted by Gasteiger charge is -2.22. The molecule has 0 radical (unpaired) electrons. The van der Waals surface area contributed by atoms with Crippen molar-refractivity contribution in [1.29, 1.82) is 0 Å². The average molecular weight is 464 g/mol. The number of hydrogen-bond donors (Lipinski definition) is 2. The van der Waals surface area contributed by atoms with Crippen molar-refractivity contribution in [2.24, 2.45) is 0 Å². The molecule has 6 heteroatoms. The summed E-state index contributed by atoms with van der Waals surface area (Å²) in [6.07, 6.45) is 0.288. The molecule has 3 aromatic rings. The van der Waals surface area contributed by atoms with Crippen molar-refractivity contribution in [1.82, 2.24) is 5.32 Å². The second kappa shape index (κ2) is 13.4. The molecule has 2 atom stereocenters. The maximum absolute atomic E-state index is 12.8. The van der Waals surface area contributed by atoms with Crippen molar-refractivity contribution in [3.05, 3.63) is 95.6 Å². The van der Waals surface area contributed by atoms with Crippen LogP contribution in [0.15, 0.2) is 78.9 Å². The Morgan fingerprint density at radius 3 is 2.03 bits per heavy atom. The quantitative estimate of drug-likeness (QED) is 0.209. The summed E-state index contributed by atoms with van der Waals surface area (Å²) in [5.74, 6) is 0.431. The van der Waals surface area contributed by atoms with E-state index in [2.05, 4.69) is 12.2 Å². The Morgan fingerprint density at radius 1 is 0.882 bits per heavy atom. The third-order valence-electron chi connectivity index (χ3n) is 5.20. The van der Waals surface area contributed by atoms with Crippen LogP contribution in [0.3, 0.4) is 0 Å². The highest BCUT2D eigenvalue weighted by atomic mass is 16.6. The molecule has 0 aliphatic heterocycles. The number of rotatable bonds is 13. The van der Waals surface area contributed by atoms with Crippen LogP contribution >= 0.6 is 0 Å². The number of unbranched alkanes of at least 4 members (excludes halogenated alkanes) is 1. The lowest BCUT2D eigenvalue weighted by Crippen LogP contribution is -2.42. The second-order valence-electron chi connectivity index (χ2n) is 8.08. The summed E-state index contributed by atoms with van der Waals surface area (Å²) >= 11 is 0. The van der Waals surface area contributed by atoms with E-state index in [-0.39, 0.29) is 0 Å². The first kappa shape index (κ1) is 25.3. The number of ether oxygens (including phenoxy) is 3. The van der Waals surface area contributed by atoms with Crippen LogP contribution in [0.2, 0.25) is 0 Å². The molecular weight excluding hydrogens is 430 g/mol. The highest BCUT2D eigenvalue weighted by Crippen LogP contribution is 2.30. The highest BCUT2D eigenvalue weighted by molar-refractivity contribution is 5.90. The second-order valence-corrected chi connectivity index (χ2v) is 8.08. The SMILES string of the molecule is CCCCNC(OC(=O)c1ccc(OCc2ccccc2)c(OCc2ccccc2)c1)C(C)O. The topological polar surface area (TPSA) is 77.0 Å². The van der Waals surface area contributed by atoms with Gasteiger partial charge in [-0.3, -0.25) is 5.32 Å². The fraction of sp³-hybridized carbons (Fsp3) is 0.321. The van der Waals surface area contributed by atoms with Crippen molar-refractivity contribution >= 4 is 5.97 Å². The fourth-order valence-electron chi connectivity index (χ4n) is 3.25. The Morgan fingerprint density at radius 2 is 1.47 bits per heavy atom. The summed E-state index contributed by atoms with van der Waals surface area (Å²) in [6, 6.07) is 24.6. The number of carbonyl (C=O) groups is 1. The van der Waals surface area contributed by atoms with E-state index in [0.29, 0.717) is 36.8 Å². The minimum atomic E-state index is -0.844. The predicted octanol–water partition coefficient (Wildman–Crippen LogP) is 5.10. The third-order valence-corrected chi connectivity index (χ3v) is 5.20. The average Bonchev–Trinajstić information content (AvgIpc) is 2.87. The lowest BCUT2D eigenvalue weighted by molar-refractivity contribution is -0.0262. The predicted molar refractivity (Wildman–Crippen MR) is 132 cm³/mol. The van der Waals surface area contributed by atoms with E-state index in [1.165, 1.54) is 0 Å². The van der Waals surface area contributed by atoms with Gasteiger partial charge >= 0.3 is 5.97 Å². The molecule has 34 heavy (non-hydrogen) atoms. The van der Waals surface area contributed by atoms with Gasteiger partial charge in [0.1, 0.15) is 19.3 Å². The van der Waals surface area contributed by atoms with E-state index in [4.69, 9.17) is 14.2 Å². The summed E-state index contributed by atoms with van der Waals surface area (Å²) in [4.78, 5) is 12.8. The molecule has 2 unspecified atom stereocenters. The van der Waals surface area contributed by atoms with Crippen LogP contribution in [0.5, 0.6) is 11.5 Å². The monoisotopic (exact) mass is 463 g/mol. The zero-order valence-electron chi connectivity index (χ0n) is 19.8. The van der Waals surface area contributed by atoms with Crippen LogP contribution in [0, 0.1) is 0 Å². The zero-order valence-corrected chi connectivity index (χ0v) is 19.8. The number of nitrogens with one attached hydrogen (secondary N) is 1. The van der Waals surface area contributed by atoms with Crippen molar-refractivity contribution in [2.75, 3.05) is 6.54 Å². The standard InChI is InChI=1S/C28H33NO5/c1-3-4-17-29-27(21(2)30)34-28(31)24-15-16-25(32-19-22-11-7-5-8-12-22)26(18-24)33-20-23-13-9-6-10-14-23/h5-16,18,21,27,29-30H,3-4,17,19-20H2,1-2H3. The van der Waals surface area contributed by atoms with Crippen molar-refractivity contribution in [2.45, 2.75) is 52.2 Å². The van der Waals surface area contributed by atoms with Crippen LogP contribution in [0.1, 0.15) is 48.2 Å². The molecule has 0 spiro atoms. The van der Waals surface area contributed by atoms with Crippen LogP contribution in [0.25, 0.3) is 0 Å². The number of carbonyl (C=O) groups excluding carboxylic acids is 1. The van der Waals surface area contributed by atoms with Gasteiger partial charge in [0.2, 0.25) is 0 Å². The summed E-state index contributed by atoms with van der Waals surface area (Å²) in [5.41, 5.74) is 2.34. The minimum Gasteiger partial charge on any atom is -0.485 e. The van der Waals surface area contributed by atoms with Crippen LogP contribution in [0.4, 0.5) is 0 Å². The van der Waals surface area contributed by atoms with E-state index in [0.717, 1.165) is 24.0 Å². The molecule has 3 aromatic carbocycles. The Bertz CT molecular complexity index is 1010. The number of esters is 1. The maximum atomic E-state index is 12.8. The van der Waals surface area contributed by atoms with Crippen molar-refractivity contribution in [3.8, 4) is 11.5 Å². The summed E-state index contributed by atoms with van der Waals surface area (Å²) < 4.78 is 17.6. The molecule has 6 nitrogen and oxygen atoms in total. The van der Waals surface area contributed by atoms with Crippen LogP contribution in [-0.2, 0) is 18.0 Å². The van der Waals surface area contributed by atoms with Crippen molar-refractivity contribution < 1.29 is 24.1 Å². The van der Waals surface area contributed by atoms with Gasteiger partial charge in [0, 0.05) is 0 Å². The summed E-state index contributed by atoms with van der Waals surface area (Å²) in [6.45, 7) is 5.01. The molecule has 3 rings (SSSR count). The molecule has 0 aliphatic rings. The number of benzene rings is 3. The van der Waals surface area contributed by atoms with Gasteiger partial charge in [-0.1, -0.05) is 74.0 Å². The third kappa shape index (κ3) is 7.90. The number of aliphatic hydroxyl groups excluding tert-OH is 1. The molecule has 0 amide bonds. The molecule has 0 saturated heterocycles. The van der Waals surface area contributed by atoms with E-state index < -0.39 is 18.3 Å². The van der Waals surface area contributed by atoms with E-state index >= 15 is 0 Å². The highest BCUT2D eigenvalue weighted by Gasteiger charge is 2.21. The van der Waals surface area contributed by atoms with Crippen LogP contribution in [-0.4, -0.2) is 30.0 Å². The first-order valence-electron chi connectivity index (χ1n) is 11.7. The van der Waals surface area contributed by atoms with Gasteiger partial charge in [-0.05, 0) is 49.2 Å².